The zero-order chi connectivity index (χ0) is 19.6. The Labute approximate surface area is 161 Å². The molecule has 3 rings (SSSR count). The molecule has 3 aromatic rings. The number of aromatic nitrogens is 3. The van der Waals surface area contributed by atoms with Gasteiger partial charge >= 0.3 is 5.97 Å². The number of ether oxygens (including phenoxy) is 1. The molecule has 142 valence electrons. The molecule has 2 heterocycles. The number of fused-ring (bicyclic) bond motifs is 1. The minimum Gasteiger partial charge on any atom is -0.441 e. The van der Waals surface area contributed by atoms with Crippen molar-refractivity contribution in [2.75, 3.05) is 0 Å². The molecule has 2 atom stereocenters. The fraction of sp³-hybridized carbons (Fsp3) is 0.350. The van der Waals surface area contributed by atoms with Gasteiger partial charge in [0, 0.05) is 6.20 Å². The largest absolute Gasteiger partial charge is 0.441 e. The highest BCUT2D eigenvalue weighted by molar-refractivity contribution is 7.84. The van der Waals surface area contributed by atoms with Gasteiger partial charge in [0.25, 0.3) is 0 Å². The van der Waals surface area contributed by atoms with Gasteiger partial charge in [-0.25, -0.2) is 4.98 Å². The number of carbonyl (C=O) groups is 1. The molecule has 0 bridgehead atoms. The highest BCUT2D eigenvalue weighted by Gasteiger charge is 2.28. The van der Waals surface area contributed by atoms with Gasteiger partial charge in [-0.3, -0.25) is 18.6 Å². The third kappa shape index (κ3) is 4.24. The maximum absolute atomic E-state index is 13.0. The Balaban J connectivity index is 1.99. The lowest BCUT2D eigenvalue weighted by Crippen LogP contribution is -2.26. The van der Waals surface area contributed by atoms with E-state index in [0.29, 0.717) is 16.4 Å². The van der Waals surface area contributed by atoms with E-state index in [4.69, 9.17) is 4.74 Å². The number of hydrogen-bond acceptors (Lipinski definition) is 5. The molecular weight excluding hydrogens is 362 g/mol. The first-order valence-electron chi connectivity index (χ1n) is 8.73. The van der Waals surface area contributed by atoms with Crippen molar-refractivity contribution in [2.24, 2.45) is 5.41 Å². The lowest BCUT2D eigenvalue weighted by Gasteiger charge is -2.23. The fourth-order valence-electron chi connectivity index (χ4n) is 2.60. The SMILES string of the molecule is CC(OC(=O)C(C)(C)C)n1c(S(=O)Cc2ccccn2)nc2ccccc21. The summed E-state index contributed by atoms with van der Waals surface area (Å²) in [5.74, 6) is -0.0846. The van der Waals surface area contributed by atoms with Crippen LogP contribution in [-0.2, 0) is 26.1 Å². The Hall–Kier alpha value is -2.54. The van der Waals surface area contributed by atoms with Crippen LogP contribution in [-0.4, -0.2) is 24.7 Å². The normalized spacial score (nSPS) is 14.1. The third-order valence-corrected chi connectivity index (χ3v) is 5.28. The van der Waals surface area contributed by atoms with E-state index in [0.717, 1.165) is 5.52 Å². The Bertz CT molecular complexity index is 977. The van der Waals surface area contributed by atoms with Crippen molar-refractivity contribution >= 4 is 27.8 Å². The molecule has 0 fully saturated rings. The van der Waals surface area contributed by atoms with Gasteiger partial charge < -0.3 is 4.74 Å². The van der Waals surface area contributed by atoms with Crippen molar-refractivity contribution in [3.05, 3.63) is 54.4 Å². The minimum absolute atomic E-state index is 0.240. The summed E-state index contributed by atoms with van der Waals surface area (Å²) in [5.41, 5.74) is 1.57. The molecule has 6 nitrogen and oxygen atoms in total. The molecule has 0 spiro atoms. The summed E-state index contributed by atoms with van der Waals surface area (Å²) in [6.07, 6.45) is 1.04. The summed E-state index contributed by atoms with van der Waals surface area (Å²) in [5, 5.41) is 0.371. The first-order chi connectivity index (χ1) is 12.8. The molecule has 0 saturated carbocycles. The predicted octanol–water partition coefficient (Wildman–Crippen LogP) is 3.85. The van der Waals surface area contributed by atoms with E-state index < -0.39 is 22.4 Å². The van der Waals surface area contributed by atoms with Gasteiger partial charge in [0.15, 0.2) is 6.23 Å². The summed E-state index contributed by atoms with van der Waals surface area (Å²) in [6.45, 7) is 7.16. The summed E-state index contributed by atoms with van der Waals surface area (Å²) < 4.78 is 20.4. The van der Waals surface area contributed by atoms with Crippen LogP contribution < -0.4 is 0 Å². The quantitative estimate of drug-likeness (QED) is 0.624. The van der Waals surface area contributed by atoms with Crippen LogP contribution in [0.1, 0.15) is 39.6 Å². The predicted molar refractivity (Wildman–Crippen MR) is 104 cm³/mol. The second kappa shape index (κ2) is 7.60. The first-order valence-corrected chi connectivity index (χ1v) is 10.1. The number of carbonyl (C=O) groups excluding carboxylic acids is 1. The van der Waals surface area contributed by atoms with E-state index in [-0.39, 0.29) is 11.7 Å². The van der Waals surface area contributed by atoms with Crippen LogP contribution in [0.2, 0.25) is 0 Å². The maximum atomic E-state index is 13.0. The number of para-hydroxylation sites is 2. The van der Waals surface area contributed by atoms with Gasteiger partial charge in [-0.1, -0.05) is 18.2 Å². The smallest absolute Gasteiger partial charge is 0.313 e. The Kier molecular flexibility index (Phi) is 5.41. The van der Waals surface area contributed by atoms with Gasteiger partial charge in [0.2, 0.25) is 5.16 Å². The van der Waals surface area contributed by atoms with Crippen molar-refractivity contribution in [3.63, 3.8) is 0 Å². The van der Waals surface area contributed by atoms with Gasteiger partial charge in [-0.2, -0.15) is 0 Å². The Morgan fingerprint density at radius 3 is 2.56 bits per heavy atom. The van der Waals surface area contributed by atoms with Crippen molar-refractivity contribution in [2.45, 2.75) is 44.8 Å². The second-order valence-corrected chi connectivity index (χ2v) is 8.66. The molecule has 0 aliphatic carbocycles. The average Bonchev–Trinajstić information content (AvgIpc) is 3.01. The highest BCUT2D eigenvalue weighted by Crippen LogP contribution is 2.27. The molecule has 0 saturated heterocycles. The summed E-state index contributed by atoms with van der Waals surface area (Å²) >= 11 is 0. The molecule has 7 heteroatoms. The number of pyridine rings is 1. The van der Waals surface area contributed by atoms with Crippen molar-refractivity contribution in [1.29, 1.82) is 0 Å². The molecule has 0 radical (unpaired) electrons. The maximum Gasteiger partial charge on any atom is 0.313 e. The topological polar surface area (TPSA) is 74.1 Å². The molecule has 0 aliphatic rings. The van der Waals surface area contributed by atoms with E-state index in [1.54, 1.807) is 38.5 Å². The molecule has 0 amide bonds. The number of benzene rings is 1. The lowest BCUT2D eigenvalue weighted by molar-refractivity contribution is -0.162. The van der Waals surface area contributed by atoms with Crippen LogP contribution in [0.4, 0.5) is 0 Å². The number of esters is 1. The van der Waals surface area contributed by atoms with Gasteiger partial charge in [-0.05, 0) is 52.0 Å². The molecule has 27 heavy (non-hydrogen) atoms. The number of nitrogens with zero attached hydrogens (tertiary/aromatic N) is 3. The highest BCUT2D eigenvalue weighted by atomic mass is 32.2. The summed E-state index contributed by atoms with van der Waals surface area (Å²) in [4.78, 5) is 21.1. The van der Waals surface area contributed by atoms with E-state index in [2.05, 4.69) is 9.97 Å². The summed E-state index contributed by atoms with van der Waals surface area (Å²) in [6, 6.07) is 13.0. The van der Waals surface area contributed by atoms with Crippen LogP contribution >= 0.6 is 0 Å². The molecular formula is C20H23N3O3S. The van der Waals surface area contributed by atoms with Crippen molar-refractivity contribution in [1.82, 2.24) is 14.5 Å². The van der Waals surface area contributed by atoms with Gasteiger partial charge in [0.05, 0.1) is 38.7 Å². The monoisotopic (exact) mass is 385 g/mol. The molecule has 2 unspecified atom stereocenters. The van der Waals surface area contributed by atoms with Crippen LogP contribution in [0.5, 0.6) is 0 Å². The van der Waals surface area contributed by atoms with Crippen LogP contribution in [0.25, 0.3) is 11.0 Å². The Morgan fingerprint density at radius 1 is 1.19 bits per heavy atom. The molecule has 2 aromatic heterocycles. The average molecular weight is 385 g/mol. The standard InChI is InChI=1S/C20H23N3O3S/c1-14(26-18(24)20(2,3)4)23-17-11-6-5-10-16(17)22-19(23)27(25)13-15-9-7-8-12-21-15/h5-12,14H,13H2,1-4H3. The molecule has 0 N–H and O–H groups in total. The summed E-state index contributed by atoms with van der Waals surface area (Å²) in [7, 11) is -1.44. The van der Waals surface area contributed by atoms with Gasteiger partial charge in [0.1, 0.15) is 0 Å². The van der Waals surface area contributed by atoms with Crippen LogP contribution in [0.3, 0.4) is 0 Å². The first kappa shape index (κ1) is 19.2. The lowest BCUT2D eigenvalue weighted by atomic mass is 9.97. The van der Waals surface area contributed by atoms with E-state index in [1.807, 2.05) is 42.5 Å². The van der Waals surface area contributed by atoms with Crippen molar-refractivity contribution in [3.8, 4) is 0 Å². The zero-order valence-electron chi connectivity index (χ0n) is 15.9. The zero-order valence-corrected chi connectivity index (χ0v) is 16.7. The van der Waals surface area contributed by atoms with E-state index >= 15 is 0 Å². The number of hydrogen-bond donors (Lipinski definition) is 0. The van der Waals surface area contributed by atoms with Crippen molar-refractivity contribution < 1.29 is 13.7 Å². The van der Waals surface area contributed by atoms with Crippen LogP contribution in [0.15, 0.2) is 53.8 Å². The van der Waals surface area contributed by atoms with Gasteiger partial charge in [-0.15, -0.1) is 0 Å². The molecule has 1 aromatic carbocycles. The molecule has 0 aliphatic heterocycles. The number of imidazole rings is 1. The number of rotatable bonds is 5. The van der Waals surface area contributed by atoms with Crippen LogP contribution in [0, 0.1) is 5.41 Å². The fourth-order valence-corrected chi connectivity index (χ4v) is 3.84. The van der Waals surface area contributed by atoms with E-state index in [1.165, 1.54) is 0 Å². The van der Waals surface area contributed by atoms with E-state index in [9.17, 15) is 9.00 Å². The third-order valence-electron chi connectivity index (χ3n) is 4.03. The Morgan fingerprint density at radius 2 is 1.89 bits per heavy atom. The minimum atomic E-state index is -1.44. The second-order valence-electron chi connectivity index (χ2n) is 7.32.